The van der Waals surface area contributed by atoms with Crippen LogP contribution in [0.25, 0.3) is 0 Å². The molecule has 1 saturated carbocycles. The normalized spacial score (nSPS) is 25.6. The Labute approximate surface area is 119 Å². The number of rotatable bonds is 5. The predicted molar refractivity (Wildman–Crippen MR) is 73.8 cm³/mol. The van der Waals surface area contributed by atoms with Gasteiger partial charge in [-0.25, -0.2) is 9.59 Å². The summed E-state index contributed by atoms with van der Waals surface area (Å²) in [6.07, 6.45) is 0.481. The minimum Gasteiger partial charge on any atom is -0.462 e. The molecule has 1 aliphatic rings. The fourth-order valence-electron chi connectivity index (χ4n) is 2.05. The number of hydrogen-bond donors (Lipinski definition) is 1. The first kappa shape index (κ1) is 16.4. The molecule has 0 aromatic heterocycles. The molecule has 1 rings (SSSR count). The van der Waals surface area contributed by atoms with Crippen molar-refractivity contribution in [3.63, 3.8) is 0 Å². The Hall–Kier alpha value is -1.62. The largest absolute Gasteiger partial charge is 0.462 e. The van der Waals surface area contributed by atoms with Gasteiger partial charge in [0, 0.05) is 11.1 Å². The number of aliphatic hydroxyl groups is 1. The third-order valence-corrected chi connectivity index (χ3v) is 3.27. The highest BCUT2D eigenvalue weighted by Gasteiger charge is 2.32. The highest BCUT2D eigenvalue weighted by molar-refractivity contribution is 5.87. The smallest absolute Gasteiger partial charge is 0.333 e. The summed E-state index contributed by atoms with van der Waals surface area (Å²) in [5.41, 5.74) is 0.671. The highest BCUT2D eigenvalue weighted by Crippen LogP contribution is 2.27. The first-order valence-electron chi connectivity index (χ1n) is 6.68. The van der Waals surface area contributed by atoms with Gasteiger partial charge in [-0.05, 0) is 39.0 Å². The summed E-state index contributed by atoms with van der Waals surface area (Å²) < 4.78 is 10.2. The molecular weight excluding hydrogens is 260 g/mol. The van der Waals surface area contributed by atoms with Crippen LogP contribution < -0.4 is 0 Å². The maximum Gasteiger partial charge on any atom is 0.333 e. The zero-order valence-electron chi connectivity index (χ0n) is 12.1. The summed E-state index contributed by atoms with van der Waals surface area (Å²) in [6, 6.07) is 0. The van der Waals surface area contributed by atoms with Crippen LogP contribution >= 0.6 is 0 Å². The summed E-state index contributed by atoms with van der Waals surface area (Å²) in [5.74, 6) is -0.829. The zero-order valence-corrected chi connectivity index (χ0v) is 12.1. The van der Waals surface area contributed by atoms with Crippen LogP contribution in [-0.2, 0) is 19.1 Å². The third-order valence-electron chi connectivity index (χ3n) is 3.27. The van der Waals surface area contributed by atoms with Crippen LogP contribution in [0.2, 0.25) is 0 Å². The lowest BCUT2D eigenvalue weighted by atomic mass is 9.86. The molecule has 1 N–H and O–H groups in total. The first-order valence-corrected chi connectivity index (χ1v) is 6.68. The molecule has 0 saturated heterocycles. The Morgan fingerprint density at radius 2 is 1.75 bits per heavy atom. The van der Waals surface area contributed by atoms with Crippen molar-refractivity contribution in [2.75, 3.05) is 6.61 Å². The Balaban J connectivity index is 2.39. The minimum absolute atomic E-state index is 0.0769. The van der Waals surface area contributed by atoms with E-state index in [-0.39, 0.29) is 12.5 Å². The summed E-state index contributed by atoms with van der Waals surface area (Å²) >= 11 is 0. The molecule has 0 spiro atoms. The van der Waals surface area contributed by atoms with E-state index in [9.17, 15) is 14.7 Å². The van der Waals surface area contributed by atoms with Crippen molar-refractivity contribution in [1.82, 2.24) is 0 Å². The Kier molecular flexibility index (Phi) is 5.95. The number of hydrogen-bond acceptors (Lipinski definition) is 5. The van der Waals surface area contributed by atoms with Crippen LogP contribution in [0.1, 0.15) is 33.1 Å². The van der Waals surface area contributed by atoms with E-state index in [0.717, 1.165) is 6.42 Å². The van der Waals surface area contributed by atoms with Crippen LogP contribution in [0, 0.1) is 5.92 Å². The van der Waals surface area contributed by atoms with Crippen molar-refractivity contribution in [3.8, 4) is 0 Å². The van der Waals surface area contributed by atoms with Crippen molar-refractivity contribution >= 4 is 11.9 Å². The Morgan fingerprint density at radius 3 is 2.25 bits per heavy atom. The molecule has 20 heavy (non-hydrogen) atoms. The van der Waals surface area contributed by atoms with Crippen LogP contribution in [0.15, 0.2) is 24.3 Å². The highest BCUT2D eigenvalue weighted by atomic mass is 16.6. The average molecular weight is 282 g/mol. The molecule has 0 amide bonds. The standard InChI is InChI=1S/C15H22O5/c1-9(2)14(17)19-8-11-5-6-13(12(16)7-11)20-15(18)10(3)4/h11-13,16H,1,3,5-8H2,2,4H3. The summed E-state index contributed by atoms with van der Waals surface area (Å²) in [4.78, 5) is 22.7. The third kappa shape index (κ3) is 4.81. The number of ether oxygens (including phenoxy) is 2. The van der Waals surface area contributed by atoms with Crippen molar-refractivity contribution < 1.29 is 24.2 Å². The summed E-state index contributed by atoms with van der Waals surface area (Å²) in [6.45, 7) is 10.4. The van der Waals surface area contributed by atoms with Crippen molar-refractivity contribution in [2.24, 2.45) is 5.92 Å². The molecule has 5 heteroatoms. The molecule has 1 aliphatic carbocycles. The van der Waals surface area contributed by atoms with E-state index in [1.54, 1.807) is 13.8 Å². The van der Waals surface area contributed by atoms with Gasteiger partial charge >= 0.3 is 11.9 Å². The van der Waals surface area contributed by atoms with E-state index >= 15 is 0 Å². The van der Waals surface area contributed by atoms with Crippen molar-refractivity contribution in [3.05, 3.63) is 24.3 Å². The van der Waals surface area contributed by atoms with Gasteiger partial charge in [-0.1, -0.05) is 13.2 Å². The lowest BCUT2D eigenvalue weighted by Crippen LogP contribution is -2.38. The zero-order chi connectivity index (χ0) is 15.3. The first-order chi connectivity index (χ1) is 9.31. The van der Waals surface area contributed by atoms with Crippen molar-refractivity contribution in [2.45, 2.75) is 45.3 Å². The maximum absolute atomic E-state index is 11.4. The van der Waals surface area contributed by atoms with Crippen LogP contribution in [0.3, 0.4) is 0 Å². The van der Waals surface area contributed by atoms with E-state index in [1.807, 2.05) is 0 Å². The fourth-order valence-corrected chi connectivity index (χ4v) is 2.05. The fraction of sp³-hybridized carbons (Fsp3) is 0.600. The lowest BCUT2D eigenvalue weighted by molar-refractivity contribution is -0.155. The molecule has 5 nitrogen and oxygen atoms in total. The Bertz CT molecular complexity index is 412. The molecule has 0 bridgehead atoms. The molecule has 3 unspecified atom stereocenters. The maximum atomic E-state index is 11.4. The van der Waals surface area contributed by atoms with Crippen LogP contribution in [0.4, 0.5) is 0 Å². The van der Waals surface area contributed by atoms with Crippen molar-refractivity contribution in [1.29, 1.82) is 0 Å². The molecule has 0 radical (unpaired) electrons. The SMILES string of the molecule is C=C(C)C(=O)OCC1CCC(OC(=O)C(=C)C)C(O)C1. The van der Waals surface area contributed by atoms with Gasteiger partial charge in [0.1, 0.15) is 6.10 Å². The van der Waals surface area contributed by atoms with Gasteiger partial charge in [0.15, 0.2) is 0 Å². The van der Waals surface area contributed by atoms with Gasteiger partial charge < -0.3 is 14.6 Å². The Morgan fingerprint density at radius 1 is 1.15 bits per heavy atom. The van der Waals surface area contributed by atoms with Gasteiger partial charge in [0.2, 0.25) is 0 Å². The topological polar surface area (TPSA) is 72.8 Å². The molecule has 0 heterocycles. The number of carbonyl (C=O) groups excluding carboxylic acids is 2. The molecule has 0 aromatic carbocycles. The van der Waals surface area contributed by atoms with Gasteiger partial charge in [-0.2, -0.15) is 0 Å². The molecule has 0 aromatic rings. The average Bonchev–Trinajstić information content (AvgIpc) is 2.38. The molecule has 112 valence electrons. The minimum atomic E-state index is -0.736. The number of carbonyl (C=O) groups is 2. The van der Waals surface area contributed by atoms with Gasteiger partial charge in [-0.15, -0.1) is 0 Å². The van der Waals surface area contributed by atoms with E-state index in [4.69, 9.17) is 9.47 Å². The van der Waals surface area contributed by atoms with Gasteiger partial charge in [0.05, 0.1) is 12.7 Å². The monoisotopic (exact) mass is 282 g/mol. The molecule has 3 atom stereocenters. The second-order valence-corrected chi connectivity index (χ2v) is 5.35. The number of esters is 2. The number of aliphatic hydroxyl groups excluding tert-OH is 1. The molecule has 0 aliphatic heterocycles. The molecular formula is C15H22O5. The van der Waals surface area contributed by atoms with Crippen LogP contribution in [-0.4, -0.2) is 35.9 Å². The van der Waals surface area contributed by atoms with E-state index in [0.29, 0.717) is 24.0 Å². The van der Waals surface area contributed by atoms with Gasteiger partial charge in [-0.3, -0.25) is 0 Å². The van der Waals surface area contributed by atoms with Gasteiger partial charge in [0.25, 0.3) is 0 Å². The predicted octanol–water partition coefficient (Wildman–Crippen LogP) is 1.75. The van der Waals surface area contributed by atoms with Crippen LogP contribution in [0.5, 0.6) is 0 Å². The van der Waals surface area contributed by atoms with E-state index < -0.39 is 24.1 Å². The van der Waals surface area contributed by atoms with E-state index in [2.05, 4.69) is 13.2 Å². The summed E-state index contributed by atoms with van der Waals surface area (Å²) in [5, 5.41) is 9.98. The quantitative estimate of drug-likeness (QED) is 0.614. The van der Waals surface area contributed by atoms with E-state index in [1.165, 1.54) is 0 Å². The second-order valence-electron chi connectivity index (χ2n) is 5.35. The molecule has 1 fully saturated rings. The summed E-state index contributed by atoms with van der Waals surface area (Å²) in [7, 11) is 0. The second kappa shape index (κ2) is 7.24. The lowest BCUT2D eigenvalue weighted by Gasteiger charge is -2.32.